The highest BCUT2D eigenvalue weighted by Gasteiger charge is 2.10. The fourth-order valence-corrected chi connectivity index (χ4v) is 1.71. The minimum absolute atomic E-state index is 0.322. The van der Waals surface area contributed by atoms with Crippen molar-refractivity contribution in [3.63, 3.8) is 0 Å². The van der Waals surface area contributed by atoms with Crippen molar-refractivity contribution in [1.29, 1.82) is 0 Å². The molecule has 0 aliphatic heterocycles. The fraction of sp³-hybridized carbons (Fsp3) is 0.286. The second-order valence-corrected chi connectivity index (χ2v) is 3.48. The summed E-state index contributed by atoms with van der Waals surface area (Å²) < 4.78 is 5.71. The van der Waals surface area contributed by atoms with Crippen LogP contribution in [0, 0.1) is 6.92 Å². The molecule has 0 aliphatic carbocycles. The van der Waals surface area contributed by atoms with Gasteiger partial charge in [-0.25, -0.2) is 0 Å². The summed E-state index contributed by atoms with van der Waals surface area (Å²) >= 11 is 1.29. The number of nitrogen functional groups attached to an aromatic ring is 1. The second-order valence-electron chi connectivity index (χ2n) is 2.72. The average Bonchev–Trinajstić information content (AvgIpc) is 2.62. The van der Waals surface area contributed by atoms with E-state index in [1.807, 2.05) is 14.0 Å². The SMILES string of the molecule is Cc1c(-c2nc(N)ns2)cnn1C. The number of aromatic nitrogens is 4. The number of aryl methyl sites for hydroxylation is 1. The molecule has 0 atom stereocenters. The number of hydrogen-bond donors (Lipinski definition) is 1. The molecule has 2 aromatic rings. The first-order chi connectivity index (χ1) is 6.18. The fourth-order valence-electron chi connectivity index (χ4n) is 1.05. The summed E-state index contributed by atoms with van der Waals surface area (Å²) in [5.41, 5.74) is 7.50. The van der Waals surface area contributed by atoms with Gasteiger partial charge in [-0.2, -0.15) is 14.5 Å². The van der Waals surface area contributed by atoms with Gasteiger partial charge < -0.3 is 5.73 Å². The Morgan fingerprint density at radius 3 is 2.77 bits per heavy atom. The molecular formula is C7H9N5S. The van der Waals surface area contributed by atoms with Gasteiger partial charge >= 0.3 is 0 Å². The molecule has 13 heavy (non-hydrogen) atoms. The van der Waals surface area contributed by atoms with Gasteiger partial charge in [0.2, 0.25) is 5.95 Å². The van der Waals surface area contributed by atoms with Gasteiger partial charge in [0.25, 0.3) is 0 Å². The van der Waals surface area contributed by atoms with Crippen LogP contribution in [0.5, 0.6) is 0 Å². The molecule has 0 fully saturated rings. The Hall–Kier alpha value is -1.43. The van der Waals surface area contributed by atoms with Crippen LogP contribution >= 0.6 is 11.5 Å². The van der Waals surface area contributed by atoms with Crippen molar-refractivity contribution in [1.82, 2.24) is 19.1 Å². The van der Waals surface area contributed by atoms with Crippen molar-refractivity contribution in [2.45, 2.75) is 6.92 Å². The van der Waals surface area contributed by atoms with E-state index in [9.17, 15) is 0 Å². The third-order valence-electron chi connectivity index (χ3n) is 1.91. The summed E-state index contributed by atoms with van der Waals surface area (Å²) in [6.07, 6.45) is 1.77. The van der Waals surface area contributed by atoms with Crippen LogP contribution < -0.4 is 5.73 Å². The molecule has 0 radical (unpaired) electrons. The van der Waals surface area contributed by atoms with Crippen LogP contribution in [-0.4, -0.2) is 19.1 Å². The molecule has 0 saturated carbocycles. The van der Waals surface area contributed by atoms with E-state index in [4.69, 9.17) is 5.73 Å². The van der Waals surface area contributed by atoms with Crippen LogP contribution in [0.3, 0.4) is 0 Å². The van der Waals surface area contributed by atoms with Gasteiger partial charge in [0.05, 0.1) is 11.8 Å². The summed E-state index contributed by atoms with van der Waals surface area (Å²) in [5.74, 6) is 0.322. The number of nitrogens with zero attached hydrogens (tertiary/aromatic N) is 4. The van der Waals surface area contributed by atoms with E-state index in [0.29, 0.717) is 5.95 Å². The van der Waals surface area contributed by atoms with Crippen LogP contribution in [0.4, 0.5) is 5.95 Å². The largest absolute Gasteiger partial charge is 0.367 e. The molecule has 2 heterocycles. The zero-order valence-corrected chi connectivity index (χ0v) is 8.17. The third-order valence-corrected chi connectivity index (χ3v) is 2.67. The van der Waals surface area contributed by atoms with E-state index in [2.05, 4.69) is 14.5 Å². The molecule has 2 rings (SSSR count). The lowest BCUT2D eigenvalue weighted by Gasteiger charge is -1.94. The van der Waals surface area contributed by atoms with Crippen LogP contribution in [0.2, 0.25) is 0 Å². The summed E-state index contributed by atoms with van der Waals surface area (Å²) in [6.45, 7) is 1.99. The van der Waals surface area contributed by atoms with Gasteiger partial charge in [0, 0.05) is 12.7 Å². The molecule has 0 saturated heterocycles. The Morgan fingerprint density at radius 1 is 1.54 bits per heavy atom. The molecule has 0 aliphatic rings. The van der Waals surface area contributed by atoms with Crippen molar-refractivity contribution in [2.75, 3.05) is 5.73 Å². The zero-order valence-electron chi connectivity index (χ0n) is 7.35. The van der Waals surface area contributed by atoms with E-state index in [1.165, 1.54) is 11.5 Å². The van der Waals surface area contributed by atoms with Crippen molar-refractivity contribution >= 4 is 17.5 Å². The Bertz CT molecular complexity index is 430. The van der Waals surface area contributed by atoms with Crippen molar-refractivity contribution in [3.05, 3.63) is 11.9 Å². The molecule has 0 amide bonds. The Balaban J connectivity index is 2.52. The maximum Gasteiger partial charge on any atom is 0.232 e. The number of nitrogens with two attached hydrogens (primary N) is 1. The molecule has 2 N–H and O–H groups in total. The highest BCUT2D eigenvalue weighted by Crippen LogP contribution is 2.24. The van der Waals surface area contributed by atoms with E-state index in [-0.39, 0.29) is 0 Å². The maximum atomic E-state index is 5.43. The van der Waals surface area contributed by atoms with Crippen LogP contribution in [0.25, 0.3) is 10.6 Å². The van der Waals surface area contributed by atoms with Gasteiger partial charge in [-0.3, -0.25) is 4.68 Å². The molecule has 0 bridgehead atoms. The van der Waals surface area contributed by atoms with Crippen molar-refractivity contribution in [2.24, 2.45) is 7.05 Å². The molecule has 68 valence electrons. The number of hydrogen-bond acceptors (Lipinski definition) is 5. The highest BCUT2D eigenvalue weighted by molar-refractivity contribution is 7.09. The van der Waals surface area contributed by atoms with Crippen molar-refractivity contribution < 1.29 is 0 Å². The lowest BCUT2D eigenvalue weighted by molar-refractivity contribution is 0.740. The molecular weight excluding hydrogens is 186 g/mol. The molecule has 0 spiro atoms. The third kappa shape index (κ3) is 1.29. The van der Waals surface area contributed by atoms with Gasteiger partial charge in [0.15, 0.2) is 0 Å². The quantitative estimate of drug-likeness (QED) is 0.731. The Kier molecular flexibility index (Phi) is 1.77. The Labute approximate surface area is 79.4 Å². The Morgan fingerprint density at radius 2 is 2.31 bits per heavy atom. The molecule has 0 aromatic carbocycles. The van der Waals surface area contributed by atoms with Crippen LogP contribution in [0.15, 0.2) is 6.20 Å². The molecule has 0 unspecified atom stereocenters. The highest BCUT2D eigenvalue weighted by atomic mass is 32.1. The van der Waals surface area contributed by atoms with Crippen LogP contribution in [-0.2, 0) is 7.05 Å². The number of rotatable bonds is 1. The minimum Gasteiger partial charge on any atom is -0.367 e. The first-order valence-corrected chi connectivity index (χ1v) is 4.54. The minimum atomic E-state index is 0.322. The smallest absolute Gasteiger partial charge is 0.232 e. The topological polar surface area (TPSA) is 69.6 Å². The van der Waals surface area contributed by atoms with Gasteiger partial charge in [0.1, 0.15) is 5.01 Å². The molecule has 2 aromatic heterocycles. The van der Waals surface area contributed by atoms with Gasteiger partial charge in [-0.05, 0) is 18.5 Å². The summed E-state index contributed by atoms with van der Waals surface area (Å²) in [4.78, 5) is 4.09. The van der Waals surface area contributed by atoms with E-state index in [1.54, 1.807) is 10.9 Å². The predicted molar refractivity (Wildman–Crippen MR) is 51.3 cm³/mol. The van der Waals surface area contributed by atoms with Gasteiger partial charge in [-0.1, -0.05) is 0 Å². The molecule has 5 nitrogen and oxygen atoms in total. The van der Waals surface area contributed by atoms with E-state index < -0.39 is 0 Å². The summed E-state index contributed by atoms with van der Waals surface area (Å²) in [6, 6.07) is 0. The summed E-state index contributed by atoms with van der Waals surface area (Å²) in [7, 11) is 1.89. The summed E-state index contributed by atoms with van der Waals surface area (Å²) in [5, 5.41) is 4.94. The predicted octanol–water partition coefficient (Wildman–Crippen LogP) is 0.829. The maximum absolute atomic E-state index is 5.43. The molecule has 6 heteroatoms. The lowest BCUT2D eigenvalue weighted by atomic mass is 10.3. The first-order valence-electron chi connectivity index (χ1n) is 3.76. The van der Waals surface area contributed by atoms with Crippen molar-refractivity contribution in [3.8, 4) is 10.6 Å². The first kappa shape index (κ1) is 8.18. The monoisotopic (exact) mass is 195 g/mol. The zero-order chi connectivity index (χ0) is 9.42. The van der Waals surface area contributed by atoms with E-state index >= 15 is 0 Å². The second kappa shape index (κ2) is 2.81. The van der Waals surface area contributed by atoms with E-state index in [0.717, 1.165) is 16.3 Å². The number of anilines is 1. The standard InChI is InChI=1S/C7H9N5S/c1-4-5(3-9-12(4)2)6-10-7(8)11-13-6/h3H,1-2H3,(H2,8,11). The lowest BCUT2D eigenvalue weighted by Crippen LogP contribution is -1.92. The van der Waals surface area contributed by atoms with Gasteiger partial charge in [-0.15, -0.1) is 0 Å². The average molecular weight is 195 g/mol. The normalized spacial score (nSPS) is 10.6. The van der Waals surface area contributed by atoms with Crippen LogP contribution in [0.1, 0.15) is 5.69 Å².